The highest BCUT2D eigenvalue weighted by molar-refractivity contribution is 5.97. The van der Waals surface area contributed by atoms with Gasteiger partial charge in [-0.2, -0.15) is 5.10 Å². The maximum Gasteiger partial charge on any atom is 0.169 e. The second kappa shape index (κ2) is 5.75. The summed E-state index contributed by atoms with van der Waals surface area (Å²) in [4.78, 5) is 16.2. The fraction of sp³-hybridized carbons (Fsp3) is 0.357. The van der Waals surface area contributed by atoms with Gasteiger partial charge in [0.05, 0.1) is 17.8 Å². The molecule has 2 aromatic rings. The molecule has 2 heterocycles. The van der Waals surface area contributed by atoms with Crippen molar-refractivity contribution in [2.45, 2.75) is 32.9 Å². The molecule has 2 N–H and O–H groups in total. The van der Waals surface area contributed by atoms with Gasteiger partial charge in [0.1, 0.15) is 0 Å². The Kier molecular flexibility index (Phi) is 4.06. The van der Waals surface area contributed by atoms with Crippen LogP contribution >= 0.6 is 0 Å². The lowest BCUT2D eigenvalue weighted by Crippen LogP contribution is -2.08. The Labute approximate surface area is 112 Å². The minimum atomic E-state index is 0.0334. The average Bonchev–Trinajstić information content (AvgIpc) is 2.87. The van der Waals surface area contributed by atoms with Crippen molar-refractivity contribution in [3.05, 3.63) is 47.5 Å². The first kappa shape index (κ1) is 13.4. The van der Waals surface area contributed by atoms with Crippen LogP contribution in [0.1, 0.15) is 41.6 Å². The van der Waals surface area contributed by atoms with E-state index in [9.17, 15) is 4.79 Å². The van der Waals surface area contributed by atoms with Crippen molar-refractivity contribution >= 4 is 5.78 Å². The lowest BCUT2D eigenvalue weighted by molar-refractivity contribution is 0.0991. The molecule has 0 bridgehead atoms. The van der Waals surface area contributed by atoms with E-state index in [1.165, 1.54) is 0 Å². The van der Waals surface area contributed by atoms with E-state index in [4.69, 9.17) is 5.73 Å². The Hall–Kier alpha value is -2.01. The van der Waals surface area contributed by atoms with E-state index in [-0.39, 0.29) is 5.78 Å². The number of pyridine rings is 1. The van der Waals surface area contributed by atoms with Crippen molar-refractivity contribution in [3.63, 3.8) is 0 Å². The van der Waals surface area contributed by atoms with Gasteiger partial charge in [0.2, 0.25) is 0 Å². The molecule has 0 saturated heterocycles. The third-order valence-electron chi connectivity index (χ3n) is 2.88. The number of nitrogens with two attached hydrogens (primary N) is 1. The van der Waals surface area contributed by atoms with Gasteiger partial charge < -0.3 is 5.73 Å². The lowest BCUT2D eigenvalue weighted by atomic mass is 10.1. The van der Waals surface area contributed by atoms with Gasteiger partial charge in [0, 0.05) is 30.5 Å². The number of Topliss-reactive ketones (excluding diaryl/α,β-unsaturated/α-hetero) is 1. The van der Waals surface area contributed by atoms with Gasteiger partial charge in [-0.1, -0.05) is 0 Å². The number of hydrogen-bond acceptors (Lipinski definition) is 4. The fourth-order valence-corrected chi connectivity index (χ4v) is 1.79. The zero-order chi connectivity index (χ0) is 13.8. The molecule has 0 aliphatic carbocycles. The predicted octanol–water partition coefficient (Wildman–Crippen LogP) is 1.74. The zero-order valence-corrected chi connectivity index (χ0v) is 11.2. The van der Waals surface area contributed by atoms with Crippen LogP contribution in [0.5, 0.6) is 0 Å². The van der Waals surface area contributed by atoms with Gasteiger partial charge in [-0.25, -0.2) is 0 Å². The quantitative estimate of drug-likeness (QED) is 0.829. The summed E-state index contributed by atoms with van der Waals surface area (Å²) >= 11 is 0. The first-order valence-corrected chi connectivity index (χ1v) is 6.32. The van der Waals surface area contributed by atoms with Crippen molar-refractivity contribution in [1.29, 1.82) is 0 Å². The highest BCUT2D eigenvalue weighted by atomic mass is 16.1. The molecule has 0 spiro atoms. The van der Waals surface area contributed by atoms with E-state index in [0.29, 0.717) is 24.6 Å². The molecule has 100 valence electrons. The van der Waals surface area contributed by atoms with Gasteiger partial charge >= 0.3 is 0 Å². The molecule has 0 aliphatic rings. The summed E-state index contributed by atoms with van der Waals surface area (Å²) in [5, 5.41) is 4.37. The third kappa shape index (κ3) is 3.26. The number of carbonyl (C=O) groups excluding carboxylic acids is 1. The summed E-state index contributed by atoms with van der Waals surface area (Å²) in [5.41, 5.74) is 7.66. The summed E-state index contributed by atoms with van der Waals surface area (Å²) in [6, 6.07) is 5.62. The Morgan fingerprint density at radius 1 is 1.37 bits per heavy atom. The highest BCUT2D eigenvalue weighted by Gasteiger charge is 2.10. The van der Waals surface area contributed by atoms with Crippen LogP contribution < -0.4 is 5.73 Å². The van der Waals surface area contributed by atoms with Crippen LogP contribution in [0.25, 0.3) is 0 Å². The first-order valence-electron chi connectivity index (χ1n) is 6.32. The Morgan fingerprint density at radius 3 is 2.79 bits per heavy atom. The number of rotatable bonds is 5. The summed E-state index contributed by atoms with van der Waals surface area (Å²) in [6.45, 7) is 4.44. The van der Waals surface area contributed by atoms with Crippen LogP contribution in [0, 0.1) is 0 Å². The number of carbonyl (C=O) groups is 1. The molecule has 0 radical (unpaired) electrons. The lowest BCUT2D eigenvalue weighted by Gasteiger charge is -2.04. The standard InChI is InChI=1S/C14H18N4O/c1-10(2)18-6-4-12(17-18)8-14(19)11-3-5-16-13(7-11)9-15/h3-7,10H,8-9,15H2,1-2H3. The molecule has 0 fully saturated rings. The molecular weight excluding hydrogens is 240 g/mol. The van der Waals surface area contributed by atoms with E-state index in [1.807, 2.05) is 16.9 Å². The Bertz CT molecular complexity index is 574. The van der Waals surface area contributed by atoms with Crippen LogP contribution in [-0.2, 0) is 13.0 Å². The van der Waals surface area contributed by atoms with E-state index in [0.717, 1.165) is 11.4 Å². The van der Waals surface area contributed by atoms with Gasteiger partial charge in [0.15, 0.2) is 5.78 Å². The van der Waals surface area contributed by atoms with Crippen molar-refractivity contribution in [2.24, 2.45) is 5.73 Å². The largest absolute Gasteiger partial charge is 0.325 e. The molecule has 2 aromatic heterocycles. The van der Waals surface area contributed by atoms with Gasteiger partial charge in [0.25, 0.3) is 0 Å². The number of hydrogen-bond donors (Lipinski definition) is 1. The van der Waals surface area contributed by atoms with Crippen LogP contribution in [0.3, 0.4) is 0 Å². The molecule has 0 amide bonds. The summed E-state index contributed by atoms with van der Waals surface area (Å²) < 4.78 is 1.85. The third-order valence-corrected chi connectivity index (χ3v) is 2.88. The van der Waals surface area contributed by atoms with Gasteiger partial charge in [-0.3, -0.25) is 14.5 Å². The topological polar surface area (TPSA) is 73.8 Å². The van der Waals surface area contributed by atoms with E-state index in [2.05, 4.69) is 23.9 Å². The van der Waals surface area contributed by atoms with Crippen LogP contribution in [-0.4, -0.2) is 20.5 Å². The Morgan fingerprint density at radius 2 is 2.16 bits per heavy atom. The van der Waals surface area contributed by atoms with Crippen LogP contribution in [0.15, 0.2) is 30.6 Å². The molecule has 5 heteroatoms. The van der Waals surface area contributed by atoms with E-state index >= 15 is 0 Å². The summed E-state index contributed by atoms with van der Waals surface area (Å²) in [7, 11) is 0. The normalized spacial score (nSPS) is 10.9. The SMILES string of the molecule is CC(C)n1ccc(CC(=O)c2ccnc(CN)c2)n1. The highest BCUT2D eigenvalue weighted by Crippen LogP contribution is 2.09. The fourth-order valence-electron chi connectivity index (χ4n) is 1.79. The van der Waals surface area contributed by atoms with E-state index < -0.39 is 0 Å². The minimum absolute atomic E-state index is 0.0334. The predicted molar refractivity (Wildman–Crippen MR) is 72.8 cm³/mol. The molecule has 2 rings (SSSR count). The van der Waals surface area contributed by atoms with Gasteiger partial charge in [-0.15, -0.1) is 0 Å². The van der Waals surface area contributed by atoms with Crippen molar-refractivity contribution in [2.75, 3.05) is 0 Å². The van der Waals surface area contributed by atoms with Crippen molar-refractivity contribution in [1.82, 2.24) is 14.8 Å². The molecule has 19 heavy (non-hydrogen) atoms. The number of aromatic nitrogens is 3. The van der Waals surface area contributed by atoms with Gasteiger partial charge in [-0.05, 0) is 32.0 Å². The maximum atomic E-state index is 12.1. The molecule has 0 saturated carbocycles. The Balaban J connectivity index is 2.11. The second-order valence-corrected chi connectivity index (χ2v) is 4.72. The van der Waals surface area contributed by atoms with Crippen LogP contribution in [0.4, 0.5) is 0 Å². The van der Waals surface area contributed by atoms with Crippen molar-refractivity contribution < 1.29 is 4.79 Å². The van der Waals surface area contributed by atoms with Crippen molar-refractivity contribution in [3.8, 4) is 0 Å². The molecule has 0 atom stereocenters. The maximum absolute atomic E-state index is 12.1. The monoisotopic (exact) mass is 258 g/mol. The summed E-state index contributed by atoms with van der Waals surface area (Å²) in [6.07, 6.45) is 3.81. The van der Waals surface area contributed by atoms with Crippen LogP contribution in [0.2, 0.25) is 0 Å². The first-order chi connectivity index (χ1) is 9.10. The number of ketones is 1. The molecule has 0 aromatic carbocycles. The zero-order valence-electron chi connectivity index (χ0n) is 11.2. The van der Waals surface area contributed by atoms with E-state index in [1.54, 1.807) is 18.3 Å². The number of nitrogens with zero attached hydrogens (tertiary/aromatic N) is 3. The second-order valence-electron chi connectivity index (χ2n) is 4.72. The average molecular weight is 258 g/mol. The minimum Gasteiger partial charge on any atom is -0.325 e. The summed E-state index contributed by atoms with van der Waals surface area (Å²) in [5.74, 6) is 0.0334. The molecule has 0 unspecified atom stereocenters. The molecule has 0 aliphatic heterocycles. The molecule has 5 nitrogen and oxygen atoms in total. The smallest absolute Gasteiger partial charge is 0.169 e. The molecular formula is C14H18N4O.